The van der Waals surface area contributed by atoms with Gasteiger partial charge >= 0.3 is 6.09 Å². The standard InChI is InChI=1S/C28H42N4O5S/c1-19-8-10-21(11-9-19)29-24(33)23-7-6-15-32(23)25(34)20-12-16-31(17-13-20)26(35)22(14-18-38-5)30-27(36)37-28(2,3)4/h8-11,20,22-23H,6-7,12-18H2,1-5H3,(H,29,33)(H,30,36). The van der Waals surface area contributed by atoms with E-state index in [1.165, 1.54) is 0 Å². The summed E-state index contributed by atoms with van der Waals surface area (Å²) in [5.74, 6) is 0.187. The van der Waals surface area contributed by atoms with Crippen molar-refractivity contribution in [3.63, 3.8) is 0 Å². The predicted octanol–water partition coefficient (Wildman–Crippen LogP) is 3.81. The summed E-state index contributed by atoms with van der Waals surface area (Å²) in [4.78, 5) is 55.4. The van der Waals surface area contributed by atoms with E-state index < -0.39 is 23.8 Å². The van der Waals surface area contributed by atoms with Gasteiger partial charge in [-0.1, -0.05) is 17.7 Å². The van der Waals surface area contributed by atoms with Crippen LogP contribution in [-0.2, 0) is 19.1 Å². The topological polar surface area (TPSA) is 108 Å². The van der Waals surface area contributed by atoms with Crippen molar-refractivity contribution in [3.8, 4) is 0 Å². The van der Waals surface area contributed by atoms with Gasteiger partial charge in [-0.25, -0.2) is 4.79 Å². The molecule has 0 saturated carbocycles. The third kappa shape index (κ3) is 8.38. The number of ether oxygens (including phenoxy) is 1. The van der Waals surface area contributed by atoms with E-state index in [1.807, 2.05) is 37.4 Å². The molecule has 2 fully saturated rings. The van der Waals surface area contributed by atoms with Gasteiger partial charge < -0.3 is 25.2 Å². The van der Waals surface area contributed by atoms with Gasteiger partial charge in [0.25, 0.3) is 0 Å². The second-order valence-corrected chi connectivity index (χ2v) is 12.1. The lowest BCUT2D eigenvalue weighted by Gasteiger charge is -2.36. The molecule has 2 atom stereocenters. The molecule has 2 N–H and O–H groups in total. The third-order valence-electron chi connectivity index (χ3n) is 6.91. The zero-order valence-electron chi connectivity index (χ0n) is 23.2. The molecule has 2 saturated heterocycles. The zero-order valence-corrected chi connectivity index (χ0v) is 24.1. The second kappa shape index (κ2) is 13.4. The van der Waals surface area contributed by atoms with Gasteiger partial charge in [0, 0.05) is 31.2 Å². The fourth-order valence-corrected chi connectivity index (χ4v) is 5.38. The summed E-state index contributed by atoms with van der Waals surface area (Å²) >= 11 is 1.61. The first-order valence-corrected chi connectivity index (χ1v) is 14.8. The molecule has 0 aromatic heterocycles. The number of likely N-dealkylation sites (tertiary alicyclic amines) is 2. The Morgan fingerprint density at radius 1 is 1.05 bits per heavy atom. The largest absolute Gasteiger partial charge is 0.444 e. The van der Waals surface area contributed by atoms with Crippen LogP contribution in [0.4, 0.5) is 10.5 Å². The summed E-state index contributed by atoms with van der Waals surface area (Å²) in [5.41, 5.74) is 1.19. The van der Waals surface area contributed by atoms with E-state index in [2.05, 4.69) is 10.6 Å². The minimum atomic E-state index is -0.669. The Morgan fingerprint density at radius 2 is 1.71 bits per heavy atom. The minimum Gasteiger partial charge on any atom is -0.444 e. The number of anilines is 1. The number of aryl methyl sites for hydroxylation is 1. The number of hydrogen-bond acceptors (Lipinski definition) is 6. The maximum absolute atomic E-state index is 13.4. The number of rotatable bonds is 8. The summed E-state index contributed by atoms with van der Waals surface area (Å²) in [5, 5.41) is 5.69. The first-order chi connectivity index (χ1) is 18.0. The average molecular weight is 547 g/mol. The monoisotopic (exact) mass is 546 g/mol. The highest BCUT2D eigenvalue weighted by molar-refractivity contribution is 7.98. The van der Waals surface area contributed by atoms with E-state index in [0.717, 1.165) is 23.4 Å². The molecule has 210 valence electrons. The number of hydrogen-bond donors (Lipinski definition) is 2. The molecule has 38 heavy (non-hydrogen) atoms. The first-order valence-electron chi connectivity index (χ1n) is 13.4. The van der Waals surface area contributed by atoms with E-state index in [-0.39, 0.29) is 23.6 Å². The van der Waals surface area contributed by atoms with Crippen LogP contribution in [0.3, 0.4) is 0 Å². The lowest BCUT2D eigenvalue weighted by molar-refractivity contribution is -0.144. The van der Waals surface area contributed by atoms with Gasteiger partial charge in [-0.05, 0) is 83.9 Å². The van der Waals surface area contributed by atoms with Crippen LogP contribution in [0.5, 0.6) is 0 Å². The number of nitrogens with one attached hydrogen (secondary N) is 2. The van der Waals surface area contributed by atoms with Crippen molar-refractivity contribution < 1.29 is 23.9 Å². The van der Waals surface area contributed by atoms with Crippen molar-refractivity contribution in [1.82, 2.24) is 15.1 Å². The smallest absolute Gasteiger partial charge is 0.408 e. The summed E-state index contributed by atoms with van der Waals surface area (Å²) in [7, 11) is 0. The Labute approximate surface area is 230 Å². The summed E-state index contributed by atoms with van der Waals surface area (Å²) in [6, 6.07) is 6.47. The van der Waals surface area contributed by atoms with Gasteiger partial charge in [0.2, 0.25) is 17.7 Å². The molecule has 1 aromatic carbocycles. The van der Waals surface area contributed by atoms with Gasteiger partial charge in [0.15, 0.2) is 0 Å². The number of nitrogens with zero attached hydrogens (tertiary/aromatic N) is 2. The van der Waals surface area contributed by atoms with Gasteiger partial charge in [-0.2, -0.15) is 11.8 Å². The molecular weight excluding hydrogens is 504 g/mol. The number of piperidine rings is 1. The molecule has 2 aliphatic heterocycles. The Morgan fingerprint density at radius 3 is 2.32 bits per heavy atom. The Hall–Kier alpha value is -2.75. The fraction of sp³-hybridized carbons (Fsp3) is 0.643. The molecule has 2 heterocycles. The van der Waals surface area contributed by atoms with E-state index in [9.17, 15) is 19.2 Å². The van der Waals surface area contributed by atoms with Crippen molar-refractivity contribution >= 4 is 41.3 Å². The number of alkyl carbamates (subject to hydrolysis) is 1. The number of thioether (sulfide) groups is 1. The molecule has 2 unspecified atom stereocenters. The highest BCUT2D eigenvalue weighted by Crippen LogP contribution is 2.27. The lowest BCUT2D eigenvalue weighted by Crippen LogP contribution is -2.53. The summed E-state index contributed by atoms with van der Waals surface area (Å²) < 4.78 is 5.35. The molecule has 2 aliphatic rings. The number of amides is 4. The normalized spacial score (nSPS) is 19.1. The van der Waals surface area contributed by atoms with Crippen LogP contribution >= 0.6 is 11.8 Å². The second-order valence-electron chi connectivity index (χ2n) is 11.1. The van der Waals surface area contributed by atoms with Crippen LogP contribution in [0.1, 0.15) is 58.4 Å². The molecular formula is C28H42N4O5S. The van der Waals surface area contributed by atoms with E-state index in [1.54, 1.807) is 42.3 Å². The number of carbonyl (C=O) groups is 4. The van der Waals surface area contributed by atoms with Gasteiger partial charge in [-0.3, -0.25) is 14.4 Å². The molecule has 0 radical (unpaired) electrons. The molecule has 3 rings (SSSR count). The van der Waals surface area contributed by atoms with Crippen LogP contribution in [0, 0.1) is 12.8 Å². The Balaban J connectivity index is 1.55. The highest BCUT2D eigenvalue weighted by atomic mass is 32.2. The molecule has 10 heteroatoms. The van der Waals surface area contributed by atoms with Gasteiger partial charge in [0.1, 0.15) is 17.7 Å². The summed E-state index contributed by atoms with van der Waals surface area (Å²) in [6.07, 6.45) is 4.37. The SMILES string of the molecule is CSCCC(NC(=O)OC(C)(C)C)C(=O)N1CCC(C(=O)N2CCCC2C(=O)Nc2ccc(C)cc2)CC1. The van der Waals surface area contributed by atoms with E-state index in [4.69, 9.17) is 4.74 Å². The van der Waals surface area contributed by atoms with Crippen LogP contribution in [0.15, 0.2) is 24.3 Å². The maximum atomic E-state index is 13.4. The Bertz CT molecular complexity index is 986. The molecule has 1 aromatic rings. The van der Waals surface area contributed by atoms with E-state index >= 15 is 0 Å². The van der Waals surface area contributed by atoms with Crippen molar-refractivity contribution in [1.29, 1.82) is 0 Å². The predicted molar refractivity (Wildman–Crippen MR) is 150 cm³/mol. The Kier molecular flexibility index (Phi) is 10.5. The summed E-state index contributed by atoms with van der Waals surface area (Å²) in [6.45, 7) is 8.78. The van der Waals surface area contributed by atoms with Crippen molar-refractivity contribution in [2.45, 2.75) is 77.5 Å². The average Bonchev–Trinajstić information content (AvgIpc) is 3.36. The number of benzene rings is 1. The fourth-order valence-electron chi connectivity index (χ4n) is 4.91. The lowest BCUT2D eigenvalue weighted by atomic mass is 9.94. The molecule has 9 nitrogen and oxygen atoms in total. The third-order valence-corrected chi connectivity index (χ3v) is 7.56. The maximum Gasteiger partial charge on any atom is 0.408 e. The van der Waals surface area contributed by atoms with E-state index in [0.29, 0.717) is 45.3 Å². The molecule has 4 amide bonds. The molecule has 0 bridgehead atoms. The van der Waals surface area contributed by atoms with Gasteiger partial charge in [0.05, 0.1) is 0 Å². The van der Waals surface area contributed by atoms with Gasteiger partial charge in [-0.15, -0.1) is 0 Å². The quantitative estimate of drug-likeness (QED) is 0.514. The minimum absolute atomic E-state index is 0.00975. The molecule has 0 spiro atoms. The first kappa shape index (κ1) is 29.8. The zero-order chi connectivity index (χ0) is 27.9. The van der Waals surface area contributed by atoms with Crippen LogP contribution in [0.2, 0.25) is 0 Å². The van der Waals surface area contributed by atoms with Crippen LogP contribution in [0.25, 0.3) is 0 Å². The van der Waals surface area contributed by atoms with Crippen molar-refractivity contribution in [2.24, 2.45) is 5.92 Å². The van der Waals surface area contributed by atoms with Crippen LogP contribution < -0.4 is 10.6 Å². The van der Waals surface area contributed by atoms with Crippen LogP contribution in [-0.4, -0.2) is 82.9 Å². The van der Waals surface area contributed by atoms with Crippen molar-refractivity contribution in [2.75, 3.05) is 37.0 Å². The van der Waals surface area contributed by atoms with Crippen molar-refractivity contribution in [3.05, 3.63) is 29.8 Å². The highest BCUT2D eigenvalue weighted by Gasteiger charge is 2.39. The number of carbonyl (C=O) groups excluding carboxylic acids is 4. The molecule has 0 aliphatic carbocycles.